The maximum atomic E-state index is 9.90. The van der Waals surface area contributed by atoms with Crippen molar-refractivity contribution in [3.63, 3.8) is 0 Å². The fourth-order valence-electron chi connectivity index (χ4n) is 4.51. The number of hydrogen-bond donors (Lipinski definition) is 9. The number of nitrogens with one attached hydrogen (secondary N) is 2. The van der Waals surface area contributed by atoms with Crippen LogP contribution in [0.3, 0.4) is 0 Å². The van der Waals surface area contributed by atoms with Crippen molar-refractivity contribution in [1.29, 1.82) is 0 Å². The summed E-state index contributed by atoms with van der Waals surface area (Å²) in [6, 6.07) is 0. The summed E-state index contributed by atoms with van der Waals surface area (Å²) in [5, 5.41) is 72.3. The Morgan fingerprint density at radius 3 is 1.00 bits per heavy atom. The fraction of sp³-hybridized carbons (Fsp3) is 1.00. The SMILES string of the molecule is C.CB(O)NCCN(CCN(CCOCCOCCO)B(C)O)B(C)O.CCCOCCOCCN(CCN(CCNB(C)O)B(C)O)B(C)O. The first-order chi connectivity index (χ1) is 23.8. The van der Waals surface area contributed by atoms with Crippen LogP contribution in [0.5, 0.6) is 0 Å². The molecule has 0 saturated carbocycles. The summed E-state index contributed by atoms with van der Waals surface area (Å²) in [5.74, 6) is 0. The minimum atomic E-state index is -0.610. The normalized spacial score (nSPS) is 11.2. The summed E-state index contributed by atoms with van der Waals surface area (Å²) in [4.78, 5) is 7.54. The molecular formula is C28H74B6N6O11. The molecule has 0 atom stereocenters. The third-order valence-corrected chi connectivity index (χ3v) is 7.51. The third-order valence-electron chi connectivity index (χ3n) is 7.51. The van der Waals surface area contributed by atoms with E-state index in [4.69, 9.17) is 24.1 Å². The molecule has 0 amide bonds. The third kappa shape index (κ3) is 36.5. The lowest BCUT2D eigenvalue weighted by molar-refractivity contribution is 0.0299. The van der Waals surface area contributed by atoms with Crippen LogP contribution in [0.15, 0.2) is 0 Å². The van der Waals surface area contributed by atoms with Crippen molar-refractivity contribution in [2.24, 2.45) is 0 Å². The second-order valence-electron chi connectivity index (χ2n) is 12.1. The Labute approximate surface area is 312 Å². The molecule has 0 aliphatic heterocycles. The molecule has 0 spiro atoms. The molecule has 9 N–H and O–H groups in total. The van der Waals surface area contributed by atoms with Crippen molar-refractivity contribution >= 4 is 42.3 Å². The summed E-state index contributed by atoms with van der Waals surface area (Å²) in [5.41, 5.74) is 0. The average Bonchev–Trinajstić information content (AvgIpc) is 3.04. The highest BCUT2D eigenvalue weighted by Crippen LogP contribution is 1.99. The molecule has 0 aliphatic carbocycles. The Hall–Kier alpha value is -0.290. The van der Waals surface area contributed by atoms with Gasteiger partial charge < -0.3 is 83.9 Å². The van der Waals surface area contributed by atoms with Gasteiger partial charge in [-0.3, -0.25) is 0 Å². The summed E-state index contributed by atoms with van der Waals surface area (Å²) >= 11 is 0. The highest BCUT2D eigenvalue weighted by Gasteiger charge is 2.22. The van der Waals surface area contributed by atoms with Crippen molar-refractivity contribution in [3.05, 3.63) is 0 Å². The topological polar surface area (TPSA) is 216 Å². The average molecular weight is 736 g/mol. The van der Waals surface area contributed by atoms with E-state index in [0.29, 0.717) is 112 Å². The van der Waals surface area contributed by atoms with Crippen molar-refractivity contribution in [3.8, 4) is 0 Å². The molecule has 0 bridgehead atoms. The van der Waals surface area contributed by atoms with Crippen LogP contribution < -0.4 is 10.5 Å². The van der Waals surface area contributed by atoms with Crippen LogP contribution in [0, 0.1) is 0 Å². The standard InChI is InChI=1S/C14H36B3N3O5.C13H34B3N3O6.CH4/c1-5-11-24-13-14-25-12-10-20(17(4)23)9-8-19(16(3)22)7-6-18-15(2)21;1-14(21)17-4-5-18(15(2)22)6-7-19(16(3)23)8-10-24-12-13-25-11-9-20;/h18,21-23H,5-14H2,1-4H3;17,20-23H,4-13H2,1-3H3;1H4. The molecule has 0 rings (SSSR count). The Kier molecular flexibility index (Phi) is 41.0. The molecular weight excluding hydrogens is 661 g/mol. The lowest BCUT2D eigenvalue weighted by atomic mass is 9.82. The maximum Gasteiger partial charge on any atom is 0.376 e. The van der Waals surface area contributed by atoms with Crippen LogP contribution >= 0.6 is 0 Å². The van der Waals surface area contributed by atoms with Crippen molar-refractivity contribution in [1.82, 2.24) is 29.7 Å². The molecule has 0 aliphatic rings. The Morgan fingerprint density at radius 2 is 0.725 bits per heavy atom. The fourth-order valence-corrected chi connectivity index (χ4v) is 4.51. The molecule has 0 aromatic heterocycles. The van der Waals surface area contributed by atoms with E-state index in [0.717, 1.165) is 13.0 Å². The lowest BCUT2D eigenvalue weighted by Crippen LogP contribution is -2.49. The molecule has 0 radical (unpaired) electrons. The van der Waals surface area contributed by atoms with Crippen LogP contribution in [0.25, 0.3) is 0 Å². The predicted molar refractivity (Wildman–Crippen MR) is 213 cm³/mol. The lowest BCUT2D eigenvalue weighted by Gasteiger charge is -2.29. The van der Waals surface area contributed by atoms with Gasteiger partial charge in [-0.15, -0.1) is 0 Å². The van der Waals surface area contributed by atoms with Gasteiger partial charge in [0, 0.05) is 59.0 Å². The summed E-state index contributed by atoms with van der Waals surface area (Å²) < 4.78 is 21.4. The van der Waals surface area contributed by atoms with Crippen LogP contribution in [-0.4, -0.2) is 222 Å². The van der Waals surface area contributed by atoms with E-state index in [1.54, 1.807) is 40.9 Å². The van der Waals surface area contributed by atoms with Gasteiger partial charge in [-0.25, -0.2) is 0 Å². The van der Waals surface area contributed by atoms with Crippen LogP contribution in [0.1, 0.15) is 20.8 Å². The van der Waals surface area contributed by atoms with Gasteiger partial charge >= 0.3 is 42.3 Å². The van der Waals surface area contributed by atoms with Gasteiger partial charge in [0.25, 0.3) is 0 Å². The number of rotatable bonds is 34. The molecule has 0 aromatic carbocycles. The molecule has 0 fully saturated rings. The second kappa shape index (κ2) is 38.0. The van der Waals surface area contributed by atoms with E-state index in [9.17, 15) is 30.1 Å². The Bertz CT molecular complexity index is 668. The van der Waals surface area contributed by atoms with Crippen LogP contribution in [0.4, 0.5) is 0 Å². The molecule has 23 heteroatoms. The summed E-state index contributed by atoms with van der Waals surface area (Å²) in [6.07, 6.45) is 1.00. The molecule has 17 nitrogen and oxygen atoms in total. The molecule has 0 heterocycles. The zero-order chi connectivity index (χ0) is 38.2. The number of aliphatic hydroxyl groups is 1. The minimum absolute atomic E-state index is 0. The number of ether oxygens (including phenoxy) is 4. The summed E-state index contributed by atoms with van der Waals surface area (Å²) in [7, 11) is -3.52. The van der Waals surface area contributed by atoms with Gasteiger partial charge in [0.15, 0.2) is 0 Å². The zero-order valence-electron chi connectivity index (χ0n) is 32.2. The van der Waals surface area contributed by atoms with Gasteiger partial charge in [0.05, 0.1) is 52.9 Å². The molecule has 300 valence electrons. The van der Waals surface area contributed by atoms with E-state index in [1.165, 1.54) is 0 Å². The smallest absolute Gasteiger partial charge is 0.376 e. The van der Waals surface area contributed by atoms with Gasteiger partial charge in [0.1, 0.15) is 0 Å². The molecule has 0 saturated heterocycles. The van der Waals surface area contributed by atoms with E-state index >= 15 is 0 Å². The maximum absolute atomic E-state index is 9.90. The van der Waals surface area contributed by atoms with Crippen LogP contribution in [-0.2, 0) is 18.9 Å². The van der Waals surface area contributed by atoms with E-state index < -0.39 is 42.3 Å². The molecule has 0 aromatic rings. The van der Waals surface area contributed by atoms with Gasteiger partial charge in [-0.05, 0) is 60.4 Å². The van der Waals surface area contributed by atoms with Gasteiger partial charge in [-0.1, -0.05) is 14.4 Å². The van der Waals surface area contributed by atoms with Gasteiger partial charge in [-0.2, -0.15) is 0 Å². The number of aliphatic hydroxyl groups excluding tert-OH is 1. The first kappa shape index (κ1) is 55.1. The Morgan fingerprint density at radius 1 is 0.431 bits per heavy atom. The predicted octanol–water partition coefficient (Wildman–Crippen LogP) is -2.87. The summed E-state index contributed by atoms with van der Waals surface area (Å²) in [6.45, 7) is 22.2. The highest BCUT2D eigenvalue weighted by atomic mass is 16.5. The quantitative estimate of drug-likeness (QED) is 0.0240. The minimum Gasteiger partial charge on any atom is -0.437 e. The zero-order valence-corrected chi connectivity index (χ0v) is 32.2. The Balaban J connectivity index is -0.000000886. The largest absolute Gasteiger partial charge is 0.437 e. The van der Waals surface area contributed by atoms with Crippen LogP contribution in [0.2, 0.25) is 40.9 Å². The van der Waals surface area contributed by atoms with Gasteiger partial charge in [0.2, 0.25) is 0 Å². The highest BCUT2D eigenvalue weighted by molar-refractivity contribution is 6.47. The number of hydrogen-bond acceptors (Lipinski definition) is 17. The first-order valence-electron chi connectivity index (χ1n) is 18.2. The first-order valence-corrected chi connectivity index (χ1v) is 18.2. The van der Waals surface area contributed by atoms with E-state index in [2.05, 4.69) is 17.4 Å². The van der Waals surface area contributed by atoms with Crippen molar-refractivity contribution in [2.75, 3.05) is 125 Å². The van der Waals surface area contributed by atoms with Crippen molar-refractivity contribution in [2.45, 2.75) is 61.7 Å². The number of nitrogens with zero attached hydrogens (tertiary/aromatic N) is 4. The monoisotopic (exact) mass is 737 g/mol. The van der Waals surface area contributed by atoms with E-state index in [1.807, 2.05) is 19.2 Å². The molecule has 0 unspecified atom stereocenters. The van der Waals surface area contributed by atoms with E-state index in [-0.39, 0.29) is 14.0 Å². The molecule has 51 heavy (non-hydrogen) atoms. The second-order valence-corrected chi connectivity index (χ2v) is 12.1. The van der Waals surface area contributed by atoms with Crippen molar-refractivity contribution < 1.29 is 54.2 Å².